The van der Waals surface area contributed by atoms with E-state index in [1.807, 2.05) is 0 Å². The van der Waals surface area contributed by atoms with E-state index in [0.717, 1.165) is 25.3 Å². The highest BCUT2D eigenvalue weighted by Crippen LogP contribution is 1.94. The van der Waals surface area contributed by atoms with Crippen LogP contribution in [-0.2, 0) is 11.3 Å². The van der Waals surface area contributed by atoms with Crippen molar-refractivity contribution in [3.8, 4) is 0 Å². The number of hydrogen-bond acceptors (Lipinski definition) is 4. The number of aromatic nitrogens is 1. The summed E-state index contributed by atoms with van der Waals surface area (Å²) < 4.78 is 9.82. The second kappa shape index (κ2) is 7.19. The molecule has 0 bridgehead atoms. The molecule has 0 aliphatic rings. The Labute approximate surface area is 94.2 Å². The molecule has 0 amide bonds. The highest BCUT2D eigenvalue weighted by Gasteiger charge is 1.98. The van der Waals surface area contributed by atoms with Crippen LogP contribution < -0.4 is 10.6 Å². The minimum atomic E-state index is 0.552. The molecule has 1 aromatic rings. The van der Waals surface area contributed by atoms with Gasteiger partial charge in [0.15, 0.2) is 10.9 Å². The van der Waals surface area contributed by atoms with Gasteiger partial charge >= 0.3 is 0 Å². The molecule has 0 unspecified atom stereocenters. The molecule has 0 aromatic carbocycles. The van der Waals surface area contributed by atoms with E-state index in [0.29, 0.717) is 11.7 Å². The van der Waals surface area contributed by atoms with Crippen molar-refractivity contribution in [3.63, 3.8) is 0 Å². The van der Waals surface area contributed by atoms with Gasteiger partial charge in [0.2, 0.25) is 0 Å². The maximum absolute atomic E-state index is 5.05. The summed E-state index contributed by atoms with van der Waals surface area (Å²) >= 11 is 5.05. The largest absolute Gasteiger partial charge is 0.385 e. The zero-order chi connectivity index (χ0) is 10.9. The molecule has 0 spiro atoms. The average Bonchev–Trinajstić information content (AvgIpc) is 2.74. The summed E-state index contributed by atoms with van der Waals surface area (Å²) in [5, 5.41) is 10.3. The van der Waals surface area contributed by atoms with Gasteiger partial charge in [0.05, 0.1) is 12.7 Å². The molecule has 1 rings (SSSR count). The third kappa shape index (κ3) is 5.34. The first-order valence-electron chi connectivity index (χ1n) is 4.73. The van der Waals surface area contributed by atoms with Crippen molar-refractivity contribution in [3.05, 3.63) is 18.0 Å². The van der Waals surface area contributed by atoms with E-state index in [4.69, 9.17) is 21.5 Å². The Morgan fingerprint density at radius 3 is 3.13 bits per heavy atom. The standard InChI is InChI=1S/C9H15N3O2S/c1-13-6-2-4-10-9(15)11-7-8-3-5-12-14-8/h3,5H,2,4,6-7H2,1H3,(H2,10,11,15). The van der Waals surface area contributed by atoms with Gasteiger partial charge in [0.25, 0.3) is 0 Å². The maximum atomic E-state index is 5.05. The first-order chi connectivity index (χ1) is 7.33. The fourth-order valence-corrected chi connectivity index (χ4v) is 1.16. The van der Waals surface area contributed by atoms with Crippen molar-refractivity contribution in [1.82, 2.24) is 15.8 Å². The lowest BCUT2D eigenvalue weighted by atomic mass is 10.4. The lowest BCUT2D eigenvalue weighted by molar-refractivity contribution is 0.195. The molecule has 0 aliphatic heterocycles. The number of nitrogens with one attached hydrogen (secondary N) is 2. The quantitative estimate of drug-likeness (QED) is 0.552. The van der Waals surface area contributed by atoms with Crippen LogP contribution in [-0.4, -0.2) is 30.5 Å². The molecular weight excluding hydrogens is 214 g/mol. The Bertz CT molecular complexity index is 277. The highest BCUT2D eigenvalue weighted by atomic mass is 32.1. The number of rotatable bonds is 6. The van der Waals surface area contributed by atoms with Crippen LogP contribution in [0.25, 0.3) is 0 Å². The van der Waals surface area contributed by atoms with E-state index >= 15 is 0 Å². The van der Waals surface area contributed by atoms with E-state index in [1.54, 1.807) is 19.4 Å². The van der Waals surface area contributed by atoms with E-state index in [1.165, 1.54) is 0 Å². The van der Waals surface area contributed by atoms with Crippen molar-refractivity contribution >= 4 is 17.3 Å². The molecule has 0 saturated carbocycles. The Kier molecular flexibility index (Phi) is 5.72. The van der Waals surface area contributed by atoms with Gasteiger partial charge in [-0.25, -0.2) is 0 Å². The molecule has 0 aliphatic carbocycles. The summed E-state index contributed by atoms with van der Waals surface area (Å²) in [6, 6.07) is 1.79. The second-order valence-corrected chi connectivity index (χ2v) is 3.34. The van der Waals surface area contributed by atoms with Crippen LogP contribution in [0.1, 0.15) is 12.2 Å². The molecule has 15 heavy (non-hydrogen) atoms. The number of hydrogen-bond donors (Lipinski definition) is 2. The number of ether oxygens (including phenoxy) is 1. The van der Waals surface area contributed by atoms with Gasteiger partial charge < -0.3 is 19.9 Å². The van der Waals surface area contributed by atoms with Gasteiger partial charge in [-0.3, -0.25) is 0 Å². The minimum absolute atomic E-state index is 0.552. The smallest absolute Gasteiger partial charge is 0.166 e. The third-order valence-electron chi connectivity index (χ3n) is 1.73. The molecule has 0 radical (unpaired) electrons. The van der Waals surface area contributed by atoms with Crippen molar-refractivity contribution in [2.24, 2.45) is 0 Å². The summed E-state index contributed by atoms with van der Waals surface area (Å²) in [5.74, 6) is 0.760. The molecule has 6 heteroatoms. The summed E-state index contributed by atoms with van der Waals surface area (Å²) in [6.07, 6.45) is 2.53. The van der Waals surface area contributed by atoms with Gasteiger partial charge in [0.1, 0.15) is 0 Å². The van der Waals surface area contributed by atoms with Crippen LogP contribution in [0.3, 0.4) is 0 Å². The van der Waals surface area contributed by atoms with E-state index in [2.05, 4.69) is 15.8 Å². The Morgan fingerprint density at radius 2 is 2.47 bits per heavy atom. The van der Waals surface area contributed by atoms with Gasteiger partial charge in [-0.05, 0) is 18.6 Å². The zero-order valence-electron chi connectivity index (χ0n) is 8.66. The van der Waals surface area contributed by atoms with Crippen molar-refractivity contribution in [2.45, 2.75) is 13.0 Å². The lowest BCUT2D eigenvalue weighted by Gasteiger charge is -2.08. The Morgan fingerprint density at radius 1 is 1.60 bits per heavy atom. The number of nitrogens with zero attached hydrogens (tertiary/aromatic N) is 1. The summed E-state index contributed by atoms with van der Waals surface area (Å²) in [7, 11) is 1.68. The molecule has 2 N–H and O–H groups in total. The second-order valence-electron chi connectivity index (χ2n) is 2.93. The summed E-state index contributed by atoms with van der Waals surface area (Å²) in [4.78, 5) is 0. The zero-order valence-corrected chi connectivity index (χ0v) is 9.47. The van der Waals surface area contributed by atoms with Crippen LogP contribution >= 0.6 is 12.2 Å². The van der Waals surface area contributed by atoms with Crippen LogP contribution in [0.4, 0.5) is 0 Å². The van der Waals surface area contributed by atoms with Crippen LogP contribution in [0.15, 0.2) is 16.8 Å². The van der Waals surface area contributed by atoms with E-state index in [9.17, 15) is 0 Å². The Hall–Kier alpha value is -1.14. The molecule has 0 saturated heterocycles. The summed E-state index contributed by atoms with van der Waals surface area (Å²) in [5.41, 5.74) is 0. The van der Waals surface area contributed by atoms with Gasteiger partial charge in [0, 0.05) is 26.3 Å². The van der Waals surface area contributed by atoms with Gasteiger partial charge in [-0.15, -0.1) is 0 Å². The van der Waals surface area contributed by atoms with Crippen molar-refractivity contribution in [2.75, 3.05) is 20.3 Å². The van der Waals surface area contributed by atoms with Crippen molar-refractivity contribution < 1.29 is 9.26 Å². The maximum Gasteiger partial charge on any atom is 0.166 e. The molecule has 84 valence electrons. The normalized spacial score (nSPS) is 9.93. The summed E-state index contributed by atoms with van der Waals surface area (Å²) in [6.45, 7) is 2.09. The van der Waals surface area contributed by atoms with Gasteiger partial charge in [-0.1, -0.05) is 5.16 Å². The predicted molar refractivity (Wildman–Crippen MR) is 60.4 cm³/mol. The highest BCUT2D eigenvalue weighted by molar-refractivity contribution is 7.80. The van der Waals surface area contributed by atoms with Crippen LogP contribution in [0.2, 0.25) is 0 Å². The topological polar surface area (TPSA) is 59.3 Å². The van der Waals surface area contributed by atoms with Crippen LogP contribution in [0, 0.1) is 0 Å². The molecule has 5 nitrogen and oxygen atoms in total. The predicted octanol–water partition coefficient (Wildman–Crippen LogP) is 0.675. The molecule has 1 heterocycles. The molecule has 0 fully saturated rings. The number of thiocarbonyl (C=S) groups is 1. The average molecular weight is 229 g/mol. The van der Waals surface area contributed by atoms with Gasteiger partial charge in [-0.2, -0.15) is 0 Å². The fourth-order valence-electron chi connectivity index (χ4n) is 0.982. The fraction of sp³-hybridized carbons (Fsp3) is 0.556. The third-order valence-corrected chi connectivity index (χ3v) is 2.01. The Balaban J connectivity index is 2.04. The lowest BCUT2D eigenvalue weighted by Crippen LogP contribution is -2.35. The molecule has 0 atom stereocenters. The van der Waals surface area contributed by atoms with E-state index < -0.39 is 0 Å². The van der Waals surface area contributed by atoms with Crippen LogP contribution in [0.5, 0.6) is 0 Å². The van der Waals surface area contributed by atoms with E-state index in [-0.39, 0.29) is 0 Å². The minimum Gasteiger partial charge on any atom is -0.385 e. The first kappa shape index (κ1) is 11.9. The van der Waals surface area contributed by atoms with Crippen molar-refractivity contribution in [1.29, 1.82) is 0 Å². The number of methoxy groups -OCH3 is 1. The molecular formula is C9H15N3O2S. The molecule has 1 aromatic heterocycles. The monoisotopic (exact) mass is 229 g/mol. The first-order valence-corrected chi connectivity index (χ1v) is 5.14. The SMILES string of the molecule is COCCCNC(=S)NCc1ccno1.